The lowest BCUT2D eigenvalue weighted by Gasteiger charge is -2.35. The molecule has 1 atom stereocenters. The van der Waals surface area contributed by atoms with Crippen LogP contribution in [0.5, 0.6) is 11.5 Å². The Morgan fingerprint density at radius 3 is 2.76 bits per heavy atom. The number of halogens is 1. The lowest BCUT2D eigenvalue weighted by Crippen LogP contribution is -2.47. The van der Waals surface area contributed by atoms with Gasteiger partial charge >= 0.3 is 6.03 Å². The SMILES string of the molecule is COCCN1C(=O)NC(c2ccc(OC)c(O)c2)C(c2nc(-c3cccc(Cl)c3)no2)=C1C. The number of ether oxygens (including phenoxy) is 2. The first kappa shape index (κ1) is 22.6. The Hall–Kier alpha value is -3.56. The first-order valence-electron chi connectivity index (χ1n) is 10.2. The van der Waals surface area contributed by atoms with Gasteiger partial charge in [0.2, 0.25) is 5.82 Å². The Morgan fingerprint density at radius 2 is 2.06 bits per heavy atom. The van der Waals surface area contributed by atoms with E-state index < -0.39 is 6.04 Å². The zero-order chi connectivity index (χ0) is 23.5. The third-order valence-corrected chi connectivity index (χ3v) is 5.63. The maximum absolute atomic E-state index is 12.9. The van der Waals surface area contributed by atoms with Crippen LogP contribution in [0.2, 0.25) is 5.02 Å². The fraction of sp³-hybridized carbons (Fsp3) is 0.261. The van der Waals surface area contributed by atoms with Crippen molar-refractivity contribution in [2.45, 2.75) is 13.0 Å². The van der Waals surface area contributed by atoms with Crippen molar-refractivity contribution in [1.29, 1.82) is 0 Å². The summed E-state index contributed by atoms with van der Waals surface area (Å²) >= 11 is 6.10. The van der Waals surface area contributed by atoms with Gasteiger partial charge in [-0.15, -0.1) is 0 Å². The number of hydrogen-bond acceptors (Lipinski definition) is 7. The third kappa shape index (κ3) is 4.50. The van der Waals surface area contributed by atoms with E-state index in [0.717, 1.165) is 0 Å². The average Bonchev–Trinajstić information content (AvgIpc) is 3.28. The van der Waals surface area contributed by atoms with Gasteiger partial charge in [0.1, 0.15) is 0 Å². The molecule has 4 rings (SSSR count). The Kier molecular flexibility index (Phi) is 6.52. The number of hydrogen-bond donors (Lipinski definition) is 2. The number of benzene rings is 2. The molecule has 1 aliphatic rings. The van der Waals surface area contributed by atoms with Crippen LogP contribution in [0, 0.1) is 0 Å². The second kappa shape index (κ2) is 9.51. The number of amides is 2. The normalized spacial score (nSPS) is 16.2. The van der Waals surface area contributed by atoms with E-state index >= 15 is 0 Å². The zero-order valence-electron chi connectivity index (χ0n) is 18.3. The second-order valence-electron chi connectivity index (χ2n) is 7.39. The van der Waals surface area contributed by atoms with Crippen LogP contribution in [0.15, 0.2) is 52.7 Å². The molecule has 2 heterocycles. The van der Waals surface area contributed by atoms with Gasteiger partial charge in [-0.2, -0.15) is 4.98 Å². The lowest BCUT2D eigenvalue weighted by atomic mass is 9.94. The maximum Gasteiger partial charge on any atom is 0.322 e. The fourth-order valence-electron chi connectivity index (χ4n) is 3.72. The highest BCUT2D eigenvalue weighted by molar-refractivity contribution is 6.30. The van der Waals surface area contributed by atoms with Gasteiger partial charge in [0.05, 0.1) is 31.9 Å². The van der Waals surface area contributed by atoms with Crippen LogP contribution >= 0.6 is 11.6 Å². The number of nitrogens with one attached hydrogen (secondary N) is 1. The molecule has 0 bridgehead atoms. The molecule has 0 saturated heterocycles. The first-order valence-corrected chi connectivity index (χ1v) is 10.6. The minimum Gasteiger partial charge on any atom is -0.504 e. The van der Waals surface area contributed by atoms with Gasteiger partial charge in [-0.25, -0.2) is 4.79 Å². The molecule has 10 heteroatoms. The Labute approximate surface area is 195 Å². The molecule has 1 aromatic heterocycles. The maximum atomic E-state index is 12.9. The third-order valence-electron chi connectivity index (χ3n) is 5.39. The van der Waals surface area contributed by atoms with E-state index in [4.69, 9.17) is 25.6 Å². The van der Waals surface area contributed by atoms with Gasteiger partial charge in [0.25, 0.3) is 5.89 Å². The molecule has 3 aromatic rings. The van der Waals surface area contributed by atoms with Gasteiger partial charge in [0.15, 0.2) is 11.5 Å². The number of nitrogens with zero attached hydrogens (tertiary/aromatic N) is 3. The van der Waals surface area contributed by atoms with Crippen LogP contribution in [-0.2, 0) is 4.74 Å². The summed E-state index contributed by atoms with van der Waals surface area (Å²) in [6.07, 6.45) is 0. The monoisotopic (exact) mass is 470 g/mol. The summed E-state index contributed by atoms with van der Waals surface area (Å²) in [5.41, 5.74) is 2.57. The summed E-state index contributed by atoms with van der Waals surface area (Å²) in [4.78, 5) is 19.0. The van der Waals surface area contributed by atoms with Crippen LogP contribution in [0.25, 0.3) is 17.0 Å². The molecule has 0 spiro atoms. The number of rotatable bonds is 7. The van der Waals surface area contributed by atoms with Crippen molar-refractivity contribution in [3.8, 4) is 22.9 Å². The van der Waals surface area contributed by atoms with Crippen molar-refractivity contribution < 1.29 is 23.9 Å². The number of carbonyl (C=O) groups excluding carboxylic acids is 1. The molecule has 1 aliphatic heterocycles. The van der Waals surface area contributed by atoms with Gasteiger partial charge < -0.3 is 24.4 Å². The number of phenols is 1. The van der Waals surface area contributed by atoms with Crippen molar-refractivity contribution in [2.75, 3.05) is 27.4 Å². The summed E-state index contributed by atoms with van der Waals surface area (Å²) < 4.78 is 15.9. The number of urea groups is 1. The summed E-state index contributed by atoms with van der Waals surface area (Å²) in [5, 5.41) is 17.9. The molecule has 2 amide bonds. The molecule has 0 fully saturated rings. The van der Waals surface area contributed by atoms with Crippen molar-refractivity contribution >= 4 is 23.2 Å². The minimum atomic E-state index is -0.638. The van der Waals surface area contributed by atoms with E-state index in [-0.39, 0.29) is 17.7 Å². The van der Waals surface area contributed by atoms with Gasteiger partial charge in [-0.3, -0.25) is 4.90 Å². The molecule has 172 valence electrons. The lowest BCUT2D eigenvalue weighted by molar-refractivity contribution is 0.158. The van der Waals surface area contributed by atoms with Crippen LogP contribution < -0.4 is 10.1 Å². The fourth-order valence-corrected chi connectivity index (χ4v) is 3.91. The van der Waals surface area contributed by atoms with E-state index in [1.54, 1.807) is 42.3 Å². The van der Waals surface area contributed by atoms with Gasteiger partial charge in [0, 0.05) is 23.4 Å². The molecule has 0 saturated carbocycles. The van der Waals surface area contributed by atoms with Crippen LogP contribution in [0.3, 0.4) is 0 Å². The zero-order valence-corrected chi connectivity index (χ0v) is 19.1. The number of aromatic nitrogens is 2. The predicted octanol–water partition coefficient (Wildman–Crippen LogP) is 4.25. The van der Waals surface area contributed by atoms with Crippen LogP contribution in [-0.4, -0.2) is 53.5 Å². The predicted molar refractivity (Wildman–Crippen MR) is 122 cm³/mol. The standard InChI is InChI=1S/C23H23ClN4O5/c1-13-19(22-26-21(27-33-22)15-5-4-6-16(24)11-15)20(25-23(30)28(13)9-10-31-2)14-7-8-18(32-3)17(29)12-14/h4-8,11-12,20,29H,9-10H2,1-3H3,(H,25,30). The van der Waals surface area contributed by atoms with E-state index in [1.807, 2.05) is 13.0 Å². The number of carbonyl (C=O) groups is 1. The van der Waals surface area contributed by atoms with Gasteiger partial charge in [-0.05, 0) is 36.8 Å². The van der Waals surface area contributed by atoms with Crippen molar-refractivity contribution in [1.82, 2.24) is 20.4 Å². The van der Waals surface area contributed by atoms with Crippen molar-refractivity contribution in [2.24, 2.45) is 0 Å². The molecule has 2 aromatic carbocycles. The van der Waals surface area contributed by atoms with Crippen LogP contribution in [0.1, 0.15) is 24.4 Å². The first-order chi connectivity index (χ1) is 15.9. The van der Waals surface area contributed by atoms with E-state index in [9.17, 15) is 9.90 Å². The molecule has 2 N–H and O–H groups in total. The van der Waals surface area contributed by atoms with Crippen molar-refractivity contribution in [3.63, 3.8) is 0 Å². The van der Waals surface area contributed by atoms with E-state index in [2.05, 4.69) is 15.5 Å². The topological polar surface area (TPSA) is 110 Å². The number of methoxy groups -OCH3 is 2. The molecule has 0 aliphatic carbocycles. The van der Waals surface area contributed by atoms with Crippen LogP contribution in [0.4, 0.5) is 4.79 Å². The molecule has 9 nitrogen and oxygen atoms in total. The molecular formula is C23H23ClN4O5. The smallest absolute Gasteiger partial charge is 0.322 e. The number of phenolic OH excluding ortho intramolecular Hbond substituents is 1. The minimum absolute atomic E-state index is 0.0480. The Bertz CT molecular complexity index is 1210. The van der Waals surface area contributed by atoms with Crippen molar-refractivity contribution in [3.05, 3.63) is 64.6 Å². The summed E-state index contributed by atoms with van der Waals surface area (Å²) in [5.74, 6) is 0.883. The highest BCUT2D eigenvalue weighted by atomic mass is 35.5. The highest BCUT2D eigenvalue weighted by Crippen LogP contribution is 2.39. The average molecular weight is 471 g/mol. The van der Waals surface area contributed by atoms with E-state index in [1.165, 1.54) is 13.2 Å². The summed E-state index contributed by atoms with van der Waals surface area (Å²) in [6.45, 7) is 2.50. The Morgan fingerprint density at radius 1 is 1.24 bits per heavy atom. The Balaban J connectivity index is 1.81. The quantitative estimate of drug-likeness (QED) is 0.531. The molecule has 33 heavy (non-hydrogen) atoms. The largest absolute Gasteiger partial charge is 0.504 e. The van der Waals surface area contributed by atoms with Gasteiger partial charge in [-0.1, -0.05) is 35.0 Å². The molecule has 0 radical (unpaired) electrons. The molecule has 1 unspecified atom stereocenters. The highest BCUT2D eigenvalue weighted by Gasteiger charge is 2.36. The number of aromatic hydroxyl groups is 1. The van der Waals surface area contributed by atoms with E-state index in [0.29, 0.717) is 52.1 Å². The summed E-state index contributed by atoms with van der Waals surface area (Å²) in [7, 11) is 3.04. The second-order valence-corrected chi connectivity index (χ2v) is 7.83. The molecular weight excluding hydrogens is 448 g/mol. The number of allylic oxidation sites excluding steroid dienone is 1. The summed E-state index contributed by atoms with van der Waals surface area (Å²) in [6, 6.07) is 11.1.